The number of amides is 1. The molecular weight excluding hydrogens is 374 g/mol. The summed E-state index contributed by atoms with van der Waals surface area (Å²) in [6.45, 7) is 0.226. The van der Waals surface area contributed by atoms with Crippen molar-refractivity contribution in [2.75, 3.05) is 18.1 Å². The summed E-state index contributed by atoms with van der Waals surface area (Å²) in [5.74, 6) is -0.306. The summed E-state index contributed by atoms with van der Waals surface area (Å²) < 4.78 is 25.2. The highest BCUT2D eigenvalue weighted by Gasteiger charge is 2.18. The first-order chi connectivity index (χ1) is 12.3. The van der Waals surface area contributed by atoms with Gasteiger partial charge in [0, 0.05) is 30.2 Å². The number of halogens is 1. The maximum absolute atomic E-state index is 12.1. The Morgan fingerprint density at radius 1 is 1.15 bits per heavy atom. The lowest BCUT2D eigenvalue weighted by Gasteiger charge is -2.20. The fourth-order valence-corrected chi connectivity index (χ4v) is 3.17. The second-order valence-corrected chi connectivity index (χ2v) is 8.13. The Labute approximate surface area is 158 Å². The Morgan fingerprint density at radius 2 is 1.77 bits per heavy atom. The third-order valence-electron chi connectivity index (χ3n) is 3.63. The monoisotopic (exact) mass is 391 g/mol. The SMILES string of the molecule is CS(=O)(=O)N(CCC(=O)Nc1ccc(C#N)cc1)Cc1ccc(Cl)cc1. The highest BCUT2D eigenvalue weighted by atomic mass is 35.5. The molecule has 0 atom stereocenters. The van der Waals surface area contributed by atoms with Gasteiger partial charge in [-0.1, -0.05) is 23.7 Å². The Bertz CT molecular complexity index is 904. The van der Waals surface area contributed by atoms with Gasteiger partial charge >= 0.3 is 0 Å². The largest absolute Gasteiger partial charge is 0.326 e. The molecular formula is C18H18ClN3O3S. The molecule has 0 aliphatic rings. The smallest absolute Gasteiger partial charge is 0.225 e. The molecule has 2 aromatic rings. The van der Waals surface area contributed by atoms with Crippen molar-refractivity contribution in [2.45, 2.75) is 13.0 Å². The average molecular weight is 392 g/mol. The minimum absolute atomic E-state index is 0.0145. The van der Waals surface area contributed by atoms with Gasteiger partial charge in [0.25, 0.3) is 0 Å². The number of sulfonamides is 1. The summed E-state index contributed by atoms with van der Waals surface area (Å²) in [4.78, 5) is 12.1. The average Bonchev–Trinajstić information content (AvgIpc) is 2.60. The van der Waals surface area contributed by atoms with Crippen LogP contribution in [-0.4, -0.2) is 31.4 Å². The normalized spacial score (nSPS) is 11.2. The maximum atomic E-state index is 12.1. The van der Waals surface area contributed by atoms with Crippen LogP contribution < -0.4 is 5.32 Å². The van der Waals surface area contributed by atoms with E-state index >= 15 is 0 Å². The van der Waals surface area contributed by atoms with Crippen LogP contribution in [0, 0.1) is 11.3 Å². The molecule has 0 radical (unpaired) electrons. The molecule has 0 heterocycles. The molecule has 0 saturated heterocycles. The number of carbonyl (C=O) groups excluding carboxylic acids is 1. The lowest BCUT2D eigenvalue weighted by atomic mass is 10.2. The maximum Gasteiger partial charge on any atom is 0.225 e. The molecule has 1 amide bonds. The van der Waals surface area contributed by atoms with Crippen LogP contribution in [0.4, 0.5) is 5.69 Å². The van der Waals surface area contributed by atoms with Crippen LogP contribution in [0.15, 0.2) is 48.5 Å². The molecule has 6 nitrogen and oxygen atoms in total. The van der Waals surface area contributed by atoms with Gasteiger partial charge in [-0.15, -0.1) is 0 Å². The number of nitriles is 1. The van der Waals surface area contributed by atoms with Crippen LogP contribution in [0.3, 0.4) is 0 Å². The molecule has 0 fully saturated rings. The van der Waals surface area contributed by atoms with E-state index in [4.69, 9.17) is 16.9 Å². The number of benzene rings is 2. The Hall–Kier alpha value is -2.40. The predicted molar refractivity (Wildman–Crippen MR) is 101 cm³/mol. The summed E-state index contributed by atoms with van der Waals surface area (Å²) in [5, 5.41) is 12.0. The lowest BCUT2D eigenvalue weighted by molar-refractivity contribution is -0.116. The molecule has 0 aromatic heterocycles. The first-order valence-electron chi connectivity index (χ1n) is 7.77. The summed E-state index contributed by atoms with van der Waals surface area (Å²) in [6, 6.07) is 15.3. The zero-order valence-electron chi connectivity index (χ0n) is 14.1. The van der Waals surface area contributed by atoms with E-state index in [1.165, 1.54) is 4.31 Å². The number of nitrogens with zero attached hydrogens (tertiary/aromatic N) is 2. The number of nitrogens with one attached hydrogen (secondary N) is 1. The number of hydrogen-bond donors (Lipinski definition) is 1. The second-order valence-electron chi connectivity index (χ2n) is 5.71. The number of hydrogen-bond acceptors (Lipinski definition) is 4. The van der Waals surface area contributed by atoms with Crippen LogP contribution in [0.5, 0.6) is 0 Å². The molecule has 2 aromatic carbocycles. The van der Waals surface area contributed by atoms with Crippen LogP contribution in [0.25, 0.3) is 0 Å². The molecule has 0 aliphatic carbocycles. The van der Waals surface area contributed by atoms with Gasteiger partial charge in [-0.3, -0.25) is 4.79 Å². The molecule has 0 unspecified atom stereocenters. The first kappa shape index (κ1) is 19.9. The standard InChI is InChI=1S/C18H18ClN3O3S/c1-26(24,25)22(13-15-2-6-16(19)7-3-15)11-10-18(23)21-17-8-4-14(12-20)5-9-17/h2-9H,10-11,13H2,1H3,(H,21,23). The van der Waals surface area contributed by atoms with Crippen molar-refractivity contribution >= 4 is 33.2 Å². The minimum atomic E-state index is -3.47. The zero-order valence-corrected chi connectivity index (χ0v) is 15.7. The van der Waals surface area contributed by atoms with Crippen molar-refractivity contribution in [2.24, 2.45) is 0 Å². The van der Waals surface area contributed by atoms with Gasteiger partial charge in [-0.25, -0.2) is 8.42 Å². The van der Waals surface area contributed by atoms with Gasteiger partial charge in [-0.2, -0.15) is 9.57 Å². The van der Waals surface area contributed by atoms with Gasteiger partial charge in [-0.05, 0) is 42.0 Å². The van der Waals surface area contributed by atoms with Crippen molar-refractivity contribution in [3.8, 4) is 6.07 Å². The van der Waals surface area contributed by atoms with E-state index in [1.54, 1.807) is 48.5 Å². The lowest BCUT2D eigenvalue weighted by Crippen LogP contribution is -2.32. The summed E-state index contributed by atoms with van der Waals surface area (Å²) in [6.07, 6.45) is 1.13. The molecule has 0 saturated carbocycles. The fourth-order valence-electron chi connectivity index (χ4n) is 2.23. The van der Waals surface area contributed by atoms with E-state index < -0.39 is 10.0 Å². The molecule has 0 aliphatic heterocycles. The van der Waals surface area contributed by atoms with Crippen molar-refractivity contribution in [1.29, 1.82) is 5.26 Å². The highest BCUT2D eigenvalue weighted by molar-refractivity contribution is 7.88. The van der Waals surface area contributed by atoms with Crippen LogP contribution >= 0.6 is 11.6 Å². The molecule has 0 bridgehead atoms. The quantitative estimate of drug-likeness (QED) is 0.785. The van der Waals surface area contributed by atoms with Gasteiger partial charge in [0.15, 0.2) is 0 Å². The first-order valence-corrected chi connectivity index (χ1v) is 10.00. The van der Waals surface area contributed by atoms with Crippen LogP contribution in [0.2, 0.25) is 5.02 Å². The molecule has 1 N–H and O–H groups in total. The van der Waals surface area contributed by atoms with E-state index in [0.29, 0.717) is 16.3 Å². The second kappa shape index (κ2) is 8.81. The summed E-state index contributed by atoms with van der Waals surface area (Å²) >= 11 is 5.83. The molecule has 0 spiro atoms. The van der Waals surface area contributed by atoms with Crippen LogP contribution in [0.1, 0.15) is 17.5 Å². The summed E-state index contributed by atoms with van der Waals surface area (Å²) in [7, 11) is -3.47. The van der Waals surface area contributed by atoms with E-state index in [0.717, 1.165) is 11.8 Å². The molecule has 26 heavy (non-hydrogen) atoms. The Balaban J connectivity index is 1.96. The number of carbonyl (C=O) groups is 1. The van der Waals surface area contributed by atoms with E-state index in [9.17, 15) is 13.2 Å². The van der Waals surface area contributed by atoms with E-state index in [1.807, 2.05) is 6.07 Å². The number of rotatable bonds is 7. The molecule has 2 rings (SSSR count). The predicted octanol–water partition coefficient (Wildman–Crippen LogP) is 3.00. The minimum Gasteiger partial charge on any atom is -0.326 e. The van der Waals surface area contributed by atoms with Crippen molar-refractivity contribution in [3.63, 3.8) is 0 Å². The third-order valence-corrected chi connectivity index (χ3v) is 5.13. The zero-order chi connectivity index (χ0) is 19.2. The van der Waals surface area contributed by atoms with Gasteiger partial charge in [0.2, 0.25) is 15.9 Å². The van der Waals surface area contributed by atoms with Crippen molar-refractivity contribution in [3.05, 3.63) is 64.7 Å². The van der Waals surface area contributed by atoms with Gasteiger partial charge in [0.05, 0.1) is 17.9 Å². The summed E-state index contributed by atoms with van der Waals surface area (Å²) in [5.41, 5.74) is 1.83. The fraction of sp³-hybridized carbons (Fsp3) is 0.222. The molecule has 136 valence electrons. The van der Waals surface area contributed by atoms with E-state index in [-0.39, 0.29) is 25.4 Å². The Morgan fingerprint density at radius 3 is 2.31 bits per heavy atom. The number of anilines is 1. The Kier molecular flexibility index (Phi) is 6.75. The van der Waals surface area contributed by atoms with Crippen molar-refractivity contribution < 1.29 is 13.2 Å². The molecule has 8 heteroatoms. The highest BCUT2D eigenvalue weighted by Crippen LogP contribution is 2.14. The van der Waals surface area contributed by atoms with Gasteiger partial charge < -0.3 is 5.32 Å². The van der Waals surface area contributed by atoms with Gasteiger partial charge in [0.1, 0.15) is 0 Å². The topological polar surface area (TPSA) is 90.3 Å². The third kappa shape index (κ3) is 6.15. The van der Waals surface area contributed by atoms with Crippen LogP contribution in [-0.2, 0) is 21.4 Å². The van der Waals surface area contributed by atoms with Crippen molar-refractivity contribution in [1.82, 2.24) is 4.31 Å². The van der Waals surface area contributed by atoms with E-state index in [2.05, 4.69) is 5.32 Å².